The molecule has 4 rings (SSSR count). The predicted octanol–water partition coefficient (Wildman–Crippen LogP) is 5.91. The van der Waals surface area contributed by atoms with E-state index in [1.165, 1.54) is 0 Å². The number of benzene rings is 2. The molecule has 0 fully saturated rings. The van der Waals surface area contributed by atoms with Crippen molar-refractivity contribution >= 4 is 45.1 Å². The number of aryl methyl sites for hydroxylation is 1. The van der Waals surface area contributed by atoms with Gasteiger partial charge in [-0.1, -0.05) is 30.7 Å². The molecule has 2 N–H and O–H groups in total. The van der Waals surface area contributed by atoms with Gasteiger partial charge in [-0.3, -0.25) is 4.79 Å². The maximum atomic E-state index is 13.4. The second kappa shape index (κ2) is 9.04. The van der Waals surface area contributed by atoms with Gasteiger partial charge in [-0.15, -0.1) is 0 Å². The van der Waals surface area contributed by atoms with Gasteiger partial charge >= 0.3 is 0 Å². The van der Waals surface area contributed by atoms with Gasteiger partial charge in [0.25, 0.3) is 0 Å². The first-order valence-electron chi connectivity index (χ1n) is 9.99. The number of pyridine rings is 1. The fraction of sp³-hybridized carbons (Fsp3) is 0.167. The fourth-order valence-corrected chi connectivity index (χ4v) is 4.47. The van der Waals surface area contributed by atoms with Gasteiger partial charge in [0.1, 0.15) is 16.6 Å². The molecule has 158 valence electrons. The highest BCUT2D eigenvalue weighted by Gasteiger charge is 2.17. The van der Waals surface area contributed by atoms with Gasteiger partial charge in [0.05, 0.1) is 0 Å². The molecule has 0 bridgehead atoms. The van der Waals surface area contributed by atoms with E-state index in [1.54, 1.807) is 18.5 Å². The molecule has 1 atom stereocenters. The lowest BCUT2D eigenvalue weighted by Gasteiger charge is -2.09. The summed E-state index contributed by atoms with van der Waals surface area (Å²) in [5.74, 6) is 0.438. The van der Waals surface area contributed by atoms with E-state index in [1.807, 2.05) is 56.3 Å². The quantitative estimate of drug-likeness (QED) is 0.343. The summed E-state index contributed by atoms with van der Waals surface area (Å²) >= 11 is 6.00. The predicted molar refractivity (Wildman–Crippen MR) is 128 cm³/mol. The maximum Gasteiger partial charge on any atom is 0.195 e. The summed E-state index contributed by atoms with van der Waals surface area (Å²) in [5, 5.41) is 1.42. The summed E-state index contributed by atoms with van der Waals surface area (Å²) in [6.45, 7) is 3.90. The number of hydrogen-bond donors (Lipinski definition) is 2. The van der Waals surface area contributed by atoms with Crippen molar-refractivity contribution in [2.24, 2.45) is 0 Å². The number of ketones is 1. The van der Waals surface area contributed by atoms with Crippen LogP contribution in [0.3, 0.4) is 0 Å². The van der Waals surface area contributed by atoms with Gasteiger partial charge < -0.3 is 9.71 Å². The average Bonchev–Trinajstić information content (AvgIpc) is 3.16. The normalized spacial score (nSPS) is 12.1. The van der Waals surface area contributed by atoms with Gasteiger partial charge in [0, 0.05) is 50.9 Å². The second-order valence-corrected chi connectivity index (χ2v) is 9.14. The van der Waals surface area contributed by atoms with Crippen LogP contribution in [0.5, 0.6) is 0 Å². The molecule has 2 aromatic heterocycles. The van der Waals surface area contributed by atoms with E-state index < -0.39 is 11.0 Å². The second-order valence-electron chi connectivity index (χ2n) is 7.40. The SMILES string of the molecule is CCCS(=O)Nc1cc(C)cc(C(=O)c2c[nH]c3ncc(-c4ccc(Cl)cc4)cc23)c1. The molecule has 5 nitrogen and oxygen atoms in total. The van der Waals surface area contributed by atoms with Crippen molar-refractivity contribution in [3.8, 4) is 11.1 Å². The molecule has 0 aliphatic rings. The molecular formula is C24H22ClN3O2S. The summed E-state index contributed by atoms with van der Waals surface area (Å²) in [5.41, 5.74) is 5.20. The van der Waals surface area contributed by atoms with E-state index in [0.29, 0.717) is 33.2 Å². The minimum atomic E-state index is -1.17. The Kier molecular flexibility index (Phi) is 6.20. The van der Waals surface area contributed by atoms with E-state index in [0.717, 1.165) is 28.5 Å². The van der Waals surface area contributed by atoms with Crippen LogP contribution >= 0.6 is 11.6 Å². The first kappa shape index (κ1) is 21.3. The highest BCUT2D eigenvalue weighted by Crippen LogP contribution is 2.28. The Labute approximate surface area is 188 Å². The smallest absolute Gasteiger partial charge is 0.195 e. The number of carbonyl (C=O) groups is 1. The number of halogens is 1. The molecule has 7 heteroatoms. The molecule has 2 heterocycles. The van der Waals surface area contributed by atoms with Gasteiger partial charge in [0.2, 0.25) is 0 Å². The Morgan fingerprint density at radius 1 is 1.13 bits per heavy atom. The number of fused-ring (bicyclic) bond motifs is 1. The molecule has 0 saturated heterocycles. The molecule has 0 aliphatic heterocycles. The van der Waals surface area contributed by atoms with Crippen molar-refractivity contribution in [2.45, 2.75) is 20.3 Å². The number of aromatic nitrogens is 2. The van der Waals surface area contributed by atoms with Gasteiger partial charge in [0.15, 0.2) is 5.78 Å². The third-order valence-corrected chi connectivity index (χ3v) is 6.41. The zero-order valence-corrected chi connectivity index (χ0v) is 18.8. The van der Waals surface area contributed by atoms with Crippen LogP contribution < -0.4 is 4.72 Å². The van der Waals surface area contributed by atoms with Crippen molar-refractivity contribution in [1.29, 1.82) is 0 Å². The van der Waals surface area contributed by atoms with Crippen molar-refractivity contribution in [1.82, 2.24) is 9.97 Å². The Bertz CT molecular complexity index is 1280. The van der Waals surface area contributed by atoms with Crippen LogP contribution in [0.15, 0.2) is 60.9 Å². The highest BCUT2D eigenvalue weighted by atomic mass is 35.5. The molecule has 4 aromatic rings. The van der Waals surface area contributed by atoms with Crippen LogP contribution in [0, 0.1) is 6.92 Å². The number of hydrogen-bond acceptors (Lipinski definition) is 3. The van der Waals surface area contributed by atoms with Crippen LogP contribution in [0.25, 0.3) is 22.2 Å². The van der Waals surface area contributed by atoms with Crippen LogP contribution in [0.2, 0.25) is 5.02 Å². The molecule has 0 amide bonds. The lowest BCUT2D eigenvalue weighted by Crippen LogP contribution is -2.09. The van der Waals surface area contributed by atoms with E-state index in [9.17, 15) is 9.00 Å². The molecule has 0 saturated carbocycles. The molecule has 0 spiro atoms. The van der Waals surface area contributed by atoms with Crippen molar-refractivity contribution in [2.75, 3.05) is 10.5 Å². The highest BCUT2D eigenvalue weighted by molar-refractivity contribution is 7.86. The number of H-pyrrole nitrogens is 1. The van der Waals surface area contributed by atoms with E-state index >= 15 is 0 Å². The molecule has 1 unspecified atom stereocenters. The lowest BCUT2D eigenvalue weighted by atomic mass is 9.99. The van der Waals surface area contributed by atoms with Gasteiger partial charge in [-0.25, -0.2) is 9.19 Å². The first-order chi connectivity index (χ1) is 14.9. The summed E-state index contributed by atoms with van der Waals surface area (Å²) in [6.07, 6.45) is 4.28. The van der Waals surface area contributed by atoms with E-state index in [4.69, 9.17) is 11.6 Å². The third kappa shape index (κ3) is 4.70. The Balaban J connectivity index is 1.71. The molecule has 0 radical (unpaired) electrons. The molecule has 2 aromatic carbocycles. The molecule has 0 aliphatic carbocycles. The van der Waals surface area contributed by atoms with Crippen molar-refractivity contribution in [3.63, 3.8) is 0 Å². The largest absolute Gasteiger partial charge is 0.345 e. The standard InChI is InChI=1S/C24H22ClN3O2S/c1-3-8-31(30)28-20-10-15(2)9-17(11-20)23(29)22-14-27-24-21(22)12-18(13-26-24)16-4-6-19(25)7-5-16/h4-7,9-14,28H,3,8H2,1-2H3,(H,26,27). The molecular weight excluding hydrogens is 430 g/mol. The number of carbonyl (C=O) groups excluding carboxylic acids is 1. The Morgan fingerprint density at radius 3 is 2.65 bits per heavy atom. The van der Waals surface area contributed by atoms with Gasteiger partial charge in [-0.2, -0.15) is 0 Å². The van der Waals surface area contributed by atoms with Crippen LogP contribution in [-0.4, -0.2) is 25.7 Å². The van der Waals surface area contributed by atoms with Crippen molar-refractivity contribution < 1.29 is 9.00 Å². The van der Waals surface area contributed by atoms with Crippen molar-refractivity contribution in [3.05, 3.63) is 82.6 Å². The fourth-order valence-electron chi connectivity index (χ4n) is 3.49. The zero-order valence-electron chi connectivity index (χ0n) is 17.2. The number of aromatic amines is 1. The maximum absolute atomic E-state index is 13.4. The van der Waals surface area contributed by atoms with Crippen LogP contribution in [-0.2, 0) is 11.0 Å². The topological polar surface area (TPSA) is 74.8 Å². The summed E-state index contributed by atoms with van der Waals surface area (Å²) in [6, 6.07) is 14.9. The average molecular weight is 452 g/mol. The van der Waals surface area contributed by atoms with Gasteiger partial charge in [-0.05, 0) is 60.9 Å². The minimum absolute atomic E-state index is 0.116. The van der Waals surface area contributed by atoms with Crippen LogP contribution in [0.4, 0.5) is 5.69 Å². The summed E-state index contributed by atoms with van der Waals surface area (Å²) < 4.78 is 15.1. The zero-order chi connectivity index (χ0) is 22.0. The summed E-state index contributed by atoms with van der Waals surface area (Å²) in [7, 11) is -1.17. The number of anilines is 1. The number of nitrogens with one attached hydrogen (secondary N) is 2. The monoisotopic (exact) mass is 451 g/mol. The number of nitrogens with zero attached hydrogens (tertiary/aromatic N) is 1. The van der Waals surface area contributed by atoms with E-state index in [-0.39, 0.29) is 5.78 Å². The Hall–Kier alpha value is -2.96. The van der Waals surface area contributed by atoms with E-state index in [2.05, 4.69) is 14.7 Å². The lowest BCUT2D eigenvalue weighted by molar-refractivity contribution is 0.104. The Morgan fingerprint density at radius 2 is 1.90 bits per heavy atom. The first-order valence-corrected chi connectivity index (χ1v) is 11.7. The molecule has 31 heavy (non-hydrogen) atoms. The number of rotatable bonds is 7. The third-order valence-electron chi connectivity index (χ3n) is 4.91. The summed E-state index contributed by atoms with van der Waals surface area (Å²) in [4.78, 5) is 20.9. The van der Waals surface area contributed by atoms with Crippen LogP contribution in [0.1, 0.15) is 34.8 Å². The minimum Gasteiger partial charge on any atom is -0.345 e.